The van der Waals surface area contributed by atoms with Crippen LogP contribution in [0.3, 0.4) is 0 Å². The van der Waals surface area contributed by atoms with E-state index in [2.05, 4.69) is 28.9 Å². The van der Waals surface area contributed by atoms with Crippen LogP contribution in [0.1, 0.15) is 31.7 Å². The average Bonchev–Trinajstić information content (AvgIpc) is 2.17. The lowest BCUT2D eigenvalue weighted by atomic mass is 10.1. The summed E-state index contributed by atoms with van der Waals surface area (Å²) in [7, 11) is 0. The molecule has 0 heterocycles. The van der Waals surface area contributed by atoms with Crippen molar-refractivity contribution in [3.8, 4) is 0 Å². The van der Waals surface area contributed by atoms with Crippen LogP contribution in [0.2, 0.25) is 5.02 Å². The Kier molecular flexibility index (Phi) is 5.57. The molecule has 0 bridgehead atoms. The van der Waals surface area contributed by atoms with E-state index in [0.717, 1.165) is 17.9 Å². The fraction of sp³-hybridized carbons (Fsp3) is 0.500. The maximum absolute atomic E-state index is 6.07. The second-order valence-electron chi connectivity index (χ2n) is 3.52. The third-order valence-electron chi connectivity index (χ3n) is 2.29. The Labute approximate surface area is 99.8 Å². The van der Waals surface area contributed by atoms with E-state index in [1.165, 1.54) is 18.4 Å². The molecule has 0 radical (unpaired) electrons. The molecule has 0 spiro atoms. The number of rotatable bonds is 5. The molecule has 0 N–H and O–H groups in total. The summed E-state index contributed by atoms with van der Waals surface area (Å²) in [6, 6.07) is 8.09. The topological polar surface area (TPSA) is 0 Å². The lowest BCUT2D eigenvalue weighted by Gasteiger charge is -2.08. The van der Waals surface area contributed by atoms with Crippen LogP contribution < -0.4 is 0 Å². The molecule has 14 heavy (non-hydrogen) atoms. The predicted molar refractivity (Wildman–Crippen MR) is 67.4 cm³/mol. The summed E-state index contributed by atoms with van der Waals surface area (Å²) in [5.41, 5.74) is 1.26. The fourth-order valence-corrected chi connectivity index (χ4v) is 2.39. The van der Waals surface area contributed by atoms with Gasteiger partial charge in [0.2, 0.25) is 0 Å². The summed E-state index contributed by atoms with van der Waals surface area (Å²) >= 11 is 9.75. The van der Waals surface area contributed by atoms with Crippen molar-refractivity contribution in [1.29, 1.82) is 0 Å². The van der Waals surface area contributed by atoms with E-state index in [4.69, 9.17) is 11.6 Å². The first-order valence-electron chi connectivity index (χ1n) is 5.11. The molecule has 0 saturated heterocycles. The van der Waals surface area contributed by atoms with Gasteiger partial charge in [0.25, 0.3) is 0 Å². The van der Waals surface area contributed by atoms with Crippen LogP contribution in [0.5, 0.6) is 0 Å². The van der Waals surface area contributed by atoms with E-state index in [1.807, 2.05) is 18.2 Å². The van der Waals surface area contributed by atoms with Gasteiger partial charge in [-0.25, -0.2) is 0 Å². The van der Waals surface area contributed by atoms with Gasteiger partial charge in [0.1, 0.15) is 0 Å². The minimum Gasteiger partial charge on any atom is -0.0891 e. The van der Waals surface area contributed by atoms with E-state index >= 15 is 0 Å². The monoisotopic (exact) mass is 274 g/mol. The molecule has 0 aliphatic carbocycles. The molecule has 1 unspecified atom stereocenters. The zero-order valence-corrected chi connectivity index (χ0v) is 10.8. The highest BCUT2D eigenvalue weighted by atomic mass is 79.9. The van der Waals surface area contributed by atoms with Crippen molar-refractivity contribution >= 4 is 27.5 Å². The molecule has 0 aromatic heterocycles. The Balaban J connectivity index is 2.41. The molecule has 1 aromatic carbocycles. The van der Waals surface area contributed by atoms with Gasteiger partial charge in [-0.1, -0.05) is 59.1 Å². The SMILES string of the molecule is CCCC(Br)CCc1ccccc1Cl. The highest BCUT2D eigenvalue weighted by Gasteiger charge is 2.04. The predicted octanol–water partition coefficient (Wildman–Crippen LogP) is 4.84. The minimum atomic E-state index is 0.628. The first kappa shape index (κ1) is 12.1. The van der Waals surface area contributed by atoms with E-state index in [0.29, 0.717) is 4.83 Å². The Morgan fingerprint density at radius 2 is 2.00 bits per heavy atom. The summed E-state index contributed by atoms with van der Waals surface area (Å²) in [5, 5.41) is 0.892. The number of benzene rings is 1. The number of hydrogen-bond acceptors (Lipinski definition) is 0. The van der Waals surface area contributed by atoms with Gasteiger partial charge in [-0.15, -0.1) is 0 Å². The van der Waals surface area contributed by atoms with Gasteiger partial charge >= 0.3 is 0 Å². The molecule has 0 amide bonds. The quantitative estimate of drug-likeness (QED) is 0.675. The first-order valence-corrected chi connectivity index (χ1v) is 6.41. The standard InChI is InChI=1S/C12H16BrCl/c1-2-5-11(13)9-8-10-6-3-4-7-12(10)14/h3-4,6-7,11H,2,5,8-9H2,1H3. The second-order valence-corrected chi connectivity index (χ2v) is 5.22. The van der Waals surface area contributed by atoms with Gasteiger partial charge in [-0.2, -0.15) is 0 Å². The number of aryl methyl sites for hydroxylation is 1. The van der Waals surface area contributed by atoms with Crippen molar-refractivity contribution in [3.63, 3.8) is 0 Å². The maximum Gasteiger partial charge on any atom is 0.0437 e. The largest absolute Gasteiger partial charge is 0.0891 e. The Morgan fingerprint density at radius 3 is 2.64 bits per heavy atom. The third kappa shape index (κ3) is 4.02. The lowest BCUT2D eigenvalue weighted by molar-refractivity contribution is 0.693. The van der Waals surface area contributed by atoms with Gasteiger partial charge in [0.15, 0.2) is 0 Å². The zero-order valence-electron chi connectivity index (χ0n) is 8.47. The van der Waals surface area contributed by atoms with E-state index in [9.17, 15) is 0 Å². The van der Waals surface area contributed by atoms with Crippen LogP contribution in [-0.4, -0.2) is 4.83 Å². The highest BCUT2D eigenvalue weighted by molar-refractivity contribution is 9.09. The number of hydrogen-bond donors (Lipinski definition) is 0. The van der Waals surface area contributed by atoms with Crippen LogP contribution in [0, 0.1) is 0 Å². The second kappa shape index (κ2) is 6.47. The smallest absolute Gasteiger partial charge is 0.0437 e. The van der Waals surface area contributed by atoms with E-state index in [-0.39, 0.29) is 0 Å². The molecule has 0 aliphatic heterocycles. The van der Waals surface area contributed by atoms with Crippen molar-refractivity contribution in [1.82, 2.24) is 0 Å². The summed E-state index contributed by atoms with van der Waals surface area (Å²) < 4.78 is 0. The molecular formula is C12H16BrCl. The first-order chi connectivity index (χ1) is 6.74. The van der Waals surface area contributed by atoms with Crippen LogP contribution >= 0.6 is 27.5 Å². The molecule has 0 nitrogen and oxygen atoms in total. The average molecular weight is 276 g/mol. The van der Waals surface area contributed by atoms with E-state index < -0.39 is 0 Å². The summed E-state index contributed by atoms with van der Waals surface area (Å²) in [6.45, 7) is 2.21. The van der Waals surface area contributed by atoms with Crippen LogP contribution in [0.4, 0.5) is 0 Å². The lowest BCUT2D eigenvalue weighted by Crippen LogP contribution is -1.99. The molecule has 1 atom stereocenters. The van der Waals surface area contributed by atoms with Crippen LogP contribution in [0.15, 0.2) is 24.3 Å². The van der Waals surface area contributed by atoms with Gasteiger partial charge in [-0.3, -0.25) is 0 Å². The molecule has 1 aromatic rings. The van der Waals surface area contributed by atoms with Gasteiger partial charge in [0, 0.05) is 9.85 Å². The van der Waals surface area contributed by atoms with Crippen LogP contribution in [0.25, 0.3) is 0 Å². The number of halogens is 2. The molecule has 0 saturated carbocycles. The summed E-state index contributed by atoms with van der Waals surface area (Å²) in [6.07, 6.45) is 4.70. The van der Waals surface area contributed by atoms with Gasteiger partial charge in [0.05, 0.1) is 0 Å². The normalized spacial score (nSPS) is 12.8. The Hall–Kier alpha value is -0.0100. The maximum atomic E-state index is 6.07. The van der Waals surface area contributed by atoms with Crippen molar-refractivity contribution < 1.29 is 0 Å². The molecule has 0 fully saturated rings. The van der Waals surface area contributed by atoms with Gasteiger partial charge < -0.3 is 0 Å². The molecule has 1 rings (SSSR count). The van der Waals surface area contributed by atoms with Crippen molar-refractivity contribution in [2.45, 2.75) is 37.4 Å². The summed E-state index contributed by atoms with van der Waals surface area (Å²) in [4.78, 5) is 0.628. The van der Waals surface area contributed by atoms with Crippen LogP contribution in [-0.2, 0) is 6.42 Å². The fourth-order valence-electron chi connectivity index (χ4n) is 1.47. The Bertz CT molecular complexity index is 273. The molecule has 78 valence electrons. The molecular weight excluding hydrogens is 259 g/mol. The third-order valence-corrected chi connectivity index (χ3v) is 3.57. The minimum absolute atomic E-state index is 0.628. The molecule has 0 aliphatic rings. The van der Waals surface area contributed by atoms with E-state index in [1.54, 1.807) is 0 Å². The Morgan fingerprint density at radius 1 is 1.29 bits per heavy atom. The summed E-state index contributed by atoms with van der Waals surface area (Å²) in [5.74, 6) is 0. The van der Waals surface area contributed by atoms with Gasteiger partial charge in [-0.05, 0) is 30.9 Å². The highest BCUT2D eigenvalue weighted by Crippen LogP contribution is 2.20. The molecule has 2 heteroatoms. The van der Waals surface area contributed by atoms with Crippen molar-refractivity contribution in [2.75, 3.05) is 0 Å². The van der Waals surface area contributed by atoms with Crippen molar-refractivity contribution in [3.05, 3.63) is 34.9 Å². The zero-order chi connectivity index (χ0) is 10.4. The number of alkyl halides is 1. The van der Waals surface area contributed by atoms with Crippen molar-refractivity contribution in [2.24, 2.45) is 0 Å².